The Bertz CT molecular complexity index is 663. The van der Waals surface area contributed by atoms with Gasteiger partial charge in [-0.05, 0) is 36.6 Å². The molecule has 0 aliphatic carbocycles. The summed E-state index contributed by atoms with van der Waals surface area (Å²) in [6.07, 6.45) is 0.973. The van der Waals surface area contributed by atoms with Crippen molar-refractivity contribution >= 4 is 11.6 Å². The molecule has 2 rings (SSSR count). The van der Waals surface area contributed by atoms with Crippen LogP contribution in [0.25, 0.3) is 0 Å². The van der Waals surface area contributed by atoms with Crippen molar-refractivity contribution in [3.05, 3.63) is 71.0 Å². The first kappa shape index (κ1) is 14.9. The lowest BCUT2D eigenvalue weighted by Gasteiger charge is -2.04. The van der Waals surface area contributed by atoms with Crippen LogP contribution < -0.4 is 5.43 Å². The van der Waals surface area contributed by atoms with Gasteiger partial charge in [-0.1, -0.05) is 43.3 Å². The van der Waals surface area contributed by atoms with Gasteiger partial charge in [0, 0.05) is 0 Å². The molecule has 3 nitrogen and oxygen atoms in total. The number of benzene rings is 2. The van der Waals surface area contributed by atoms with Crippen molar-refractivity contribution in [1.82, 2.24) is 5.43 Å². The molecule has 0 aliphatic rings. The Hall–Kier alpha value is -2.49. The zero-order chi connectivity index (χ0) is 15.2. The van der Waals surface area contributed by atoms with Gasteiger partial charge in [0.25, 0.3) is 5.91 Å². The summed E-state index contributed by atoms with van der Waals surface area (Å²) in [5.74, 6) is -1.12. The zero-order valence-electron chi connectivity index (χ0n) is 12.1. The Balaban J connectivity index is 2.09. The van der Waals surface area contributed by atoms with E-state index in [4.69, 9.17) is 0 Å². The minimum absolute atomic E-state index is 0.0182. The maximum Gasteiger partial charge on any atom is 0.274 e. The van der Waals surface area contributed by atoms with Gasteiger partial charge in [0.2, 0.25) is 0 Å². The van der Waals surface area contributed by atoms with Gasteiger partial charge in [-0.3, -0.25) is 4.79 Å². The van der Waals surface area contributed by atoms with Crippen LogP contribution in [-0.2, 0) is 6.42 Å². The van der Waals surface area contributed by atoms with Gasteiger partial charge >= 0.3 is 0 Å². The first-order valence-electron chi connectivity index (χ1n) is 6.80. The van der Waals surface area contributed by atoms with E-state index in [-0.39, 0.29) is 5.56 Å². The summed E-state index contributed by atoms with van der Waals surface area (Å²) in [6, 6.07) is 13.8. The van der Waals surface area contributed by atoms with E-state index in [1.54, 1.807) is 13.0 Å². The number of nitrogens with one attached hydrogen (secondary N) is 1. The number of hydrazone groups is 1. The Kier molecular flexibility index (Phi) is 4.82. The van der Waals surface area contributed by atoms with Gasteiger partial charge in [-0.15, -0.1) is 0 Å². The summed E-state index contributed by atoms with van der Waals surface area (Å²) in [7, 11) is 0. The van der Waals surface area contributed by atoms with E-state index >= 15 is 0 Å². The Morgan fingerprint density at radius 1 is 1.14 bits per heavy atom. The van der Waals surface area contributed by atoms with Crippen molar-refractivity contribution in [2.45, 2.75) is 20.3 Å². The van der Waals surface area contributed by atoms with Crippen molar-refractivity contribution in [2.75, 3.05) is 0 Å². The number of carbonyl (C=O) groups is 1. The second-order valence-corrected chi connectivity index (χ2v) is 4.67. The third-order valence-corrected chi connectivity index (χ3v) is 3.22. The van der Waals surface area contributed by atoms with Gasteiger partial charge in [0.15, 0.2) is 0 Å². The normalized spacial score (nSPS) is 11.3. The fourth-order valence-corrected chi connectivity index (χ4v) is 1.89. The van der Waals surface area contributed by atoms with E-state index < -0.39 is 11.7 Å². The highest BCUT2D eigenvalue weighted by atomic mass is 19.1. The zero-order valence-corrected chi connectivity index (χ0v) is 12.1. The fraction of sp³-hybridized carbons (Fsp3) is 0.176. The number of aryl methyl sites for hydroxylation is 1. The van der Waals surface area contributed by atoms with E-state index in [1.165, 1.54) is 23.8 Å². The van der Waals surface area contributed by atoms with E-state index in [2.05, 4.69) is 17.5 Å². The second-order valence-electron chi connectivity index (χ2n) is 4.67. The molecule has 0 fully saturated rings. The third-order valence-electron chi connectivity index (χ3n) is 3.22. The number of hydrogen-bond acceptors (Lipinski definition) is 2. The number of rotatable bonds is 4. The van der Waals surface area contributed by atoms with Crippen LogP contribution in [0.1, 0.15) is 35.3 Å². The maximum absolute atomic E-state index is 13.5. The molecular weight excluding hydrogens is 267 g/mol. The maximum atomic E-state index is 13.5. The summed E-state index contributed by atoms with van der Waals surface area (Å²) < 4.78 is 13.5. The monoisotopic (exact) mass is 284 g/mol. The summed E-state index contributed by atoms with van der Waals surface area (Å²) in [6.45, 7) is 3.88. The molecule has 0 saturated carbocycles. The molecule has 1 amide bonds. The van der Waals surface area contributed by atoms with E-state index in [0.29, 0.717) is 5.71 Å². The van der Waals surface area contributed by atoms with Gasteiger partial charge in [-0.2, -0.15) is 5.10 Å². The largest absolute Gasteiger partial charge is 0.274 e. The highest BCUT2D eigenvalue weighted by Gasteiger charge is 2.09. The molecule has 0 heterocycles. The number of carbonyl (C=O) groups excluding carboxylic acids is 1. The summed E-state index contributed by atoms with van der Waals surface area (Å²) in [5.41, 5.74) is 5.18. The summed E-state index contributed by atoms with van der Waals surface area (Å²) >= 11 is 0. The van der Waals surface area contributed by atoms with Crippen LogP contribution in [0.5, 0.6) is 0 Å². The molecule has 21 heavy (non-hydrogen) atoms. The molecule has 0 aromatic heterocycles. The van der Waals surface area contributed by atoms with Crippen molar-refractivity contribution in [3.63, 3.8) is 0 Å². The molecule has 1 N–H and O–H groups in total. The Morgan fingerprint density at radius 3 is 2.43 bits per heavy atom. The molecule has 2 aromatic rings. The number of hydrogen-bond donors (Lipinski definition) is 1. The highest BCUT2D eigenvalue weighted by molar-refractivity contribution is 6.00. The van der Waals surface area contributed by atoms with Crippen molar-refractivity contribution < 1.29 is 9.18 Å². The molecule has 0 saturated heterocycles. The van der Waals surface area contributed by atoms with Crippen LogP contribution in [0.15, 0.2) is 53.6 Å². The van der Waals surface area contributed by atoms with E-state index in [9.17, 15) is 9.18 Å². The van der Waals surface area contributed by atoms with Gasteiger partial charge < -0.3 is 0 Å². The summed E-state index contributed by atoms with van der Waals surface area (Å²) in [4.78, 5) is 11.8. The number of halogens is 1. The minimum Gasteiger partial charge on any atom is -0.267 e. The number of amides is 1. The smallest absolute Gasteiger partial charge is 0.267 e. The lowest BCUT2D eigenvalue weighted by Crippen LogP contribution is -2.20. The molecule has 4 heteroatoms. The highest BCUT2D eigenvalue weighted by Crippen LogP contribution is 2.08. The van der Waals surface area contributed by atoms with E-state index in [0.717, 1.165) is 12.0 Å². The molecule has 0 atom stereocenters. The van der Waals surface area contributed by atoms with E-state index in [1.807, 2.05) is 24.3 Å². The standard InChI is InChI=1S/C17H17FN2O/c1-3-13-8-10-14(11-9-13)12(2)19-20-17(21)15-6-4-5-7-16(15)18/h4-11H,3H2,1-2H3,(H,20,21)/b19-12+. The van der Waals surface area contributed by atoms with Crippen LogP contribution in [0.4, 0.5) is 4.39 Å². The molecule has 0 bridgehead atoms. The first-order valence-corrected chi connectivity index (χ1v) is 6.80. The van der Waals surface area contributed by atoms with Gasteiger partial charge in [0.05, 0.1) is 11.3 Å². The quantitative estimate of drug-likeness (QED) is 0.677. The molecule has 0 unspecified atom stereocenters. The molecule has 0 aliphatic heterocycles. The SMILES string of the molecule is CCc1ccc(/C(C)=N/NC(=O)c2ccccc2F)cc1. The first-order chi connectivity index (χ1) is 10.1. The third kappa shape index (κ3) is 3.75. The van der Waals surface area contributed by atoms with Crippen LogP contribution in [0, 0.1) is 5.82 Å². The van der Waals surface area contributed by atoms with Crippen LogP contribution in [0.3, 0.4) is 0 Å². The predicted molar refractivity (Wildman–Crippen MR) is 81.9 cm³/mol. The molecule has 108 valence electrons. The number of nitrogens with zero attached hydrogens (tertiary/aromatic N) is 1. The molecular formula is C17H17FN2O. The summed E-state index contributed by atoms with van der Waals surface area (Å²) in [5, 5.41) is 4.02. The van der Waals surface area contributed by atoms with Crippen LogP contribution in [0.2, 0.25) is 0 Å². The Labute approximate surface area is 123 Å². The topological polar surface area (TPSA) is 41.5 Å². The van der Waals surface area contributed by atoms with Crippen molar-refractivity contribution in [3.8, 4) is 0 Å². The average Bonchev–Trinajstić information content (AvgIpc) is 2.52. The lowest BCUT2D eigenvalue weighted by molar-refractivity contribution is 0.0951. The van der Waals surface area contributed by atoms with Crippen molar-refractivity contribution in [1.29, 1.82) is 0 Å². The van der Waals surface area contributed by atoms with Crippen LogP contribution in [-0.4, -0.2) is 11.6 Å². The van der Waals surface area contributed by atoms with Gasteiger partial charge in [0.1, 0.15) is 5.82 Å². The minimum atomic E-state index is -0.560. The molecule has 0 spiro atoms. The lowest BCUT2D eigenvalue weighted by atomic mass is 10.1. The van der Waals surface area contributed by atoms with Crippen molar-refractivity contribution in [2.24, 2.45) is 5.10 Å². The predicted octanol–water partition coefficient (Wildman–Crippen LogP) is 3.54. The second kappa shape index (κ2) is 6.79. The average molecular weight is 284 g/mol. The fourth-order valence-electron chi connectivity index (χ4n) is 1.89. The Morgan fingerprint density at radius 2 is 1.81 bits per heavy atom. The van der Waals surface area contributed by atoms with Gasteiger partial charge in [-0.25, -0.2) is 9.82 Å². The van der Waals surface area contributed by atoms with Crippen LogP contribution >= 0.6 is 0 Å². The molecule has 2 aromatic carbocycles. The molecule has 0 radical (unpaired) electrons.